The number of rotatable bonds is 5. The molecule has 0 aliphatic carbocycles. The van der Waals surface area contributed by atoms with Gasteiger partial charge in [0.05, 0.1) is 6.42 Å². The Bertz CT molecular complexity index is 468. The Hall–Kier alpha value is -1.50. The van der Waals surface area contributed by atoms with Crippen molar-refractivity contribution >= 4 is 27.8 Å². The number of halogens is 3. The first-order valence-electron chi connectivity index (χ1n) is 4.96. The van der Waals surface area contributed by atoms with Crippen molar-refractivity contribution in [3.05, 3.63) is 34.1 Å². The molecule has 1 aromatic rings. The zero-order chi connectivity index (χ0) is 13.7. The van der Waals surface area contributed by atoms with E-state index in [1.54, 1.807) is 0 Å². The zero-order valence-electron chi connectivity index (χ0n) is 9.12. The molecule has 1 aromatic carbocycles. The van der Waals surface area contributed by atoms with Crippen LogP contribution in [0.25, 0.3) is 0 Å². The lowest BCUT2D eigenvalue weighted by Crippen LogP contribution is -2.43. The molecule has 0 aliphatic rings. The van der Waals surface area contributed by atoms with Gasteiger partial charge in [0.2, 0.25) is 5.91 Å². The highest BCUT2D eigenvalue weighted by molar-refractivity contribution is 9.10. The molecule has 0 aliphatic heterocycles. The van der Waals surface area contributed by atoms with Gasteiger partial charge in [-0.15, -0.1) is 0 Å². The first kappa shape index (κ1) is 14.6. The number of alkyl halides is 1. The summed E-state index contributed by atoms with van der Waals surface area (Å²) < 4.78 is 25.8. The molecule has 0 radical (unpaired) electrons. The van der Waals surface area contributed by atoms with Crippen LogP contribution in [0.5, 0.6) is 0 Å². The molecular formula is C11H10BrF2NO3. The molecule has 1 unspecified atom stereocenters. The van der Waals surface area contributed by atoms with Crippen LogP contribution < -0.4 is 5.32 Å². The predicted octanol–water partition coefficient (Wildman–Crippen LogP) is 1.67. The van der Waals surface area contributed by atoms with Crippen molar-refractivity contribution in [2.75, 3.05) is 6.67 Å². The van der Waals surface area contributed by atoms with Gasteiger partial charge in [-0.25, -0.2) is 13.6 Å². The van der Waals surface area contributed by atoms with Crippen molar-refractivity contribution in [3.63, 3.8) is 0 Å². The molecule has 0 fully saturated rings. The van der Waals surface area contributed by atoms with Gasteiger partial charge in [-0.05, 0) is 23.8 Å². The Balaban J connectivity index is 2.70. The summed E-state index contributed by atoms with van der Waals surface area (Å²) >= 11 is 3.13. The Morgan fingerprint density at radius 2 is 2.11 bits per heavy atom. The number of carbonyl (C=O) groups excluding carboxylic acids is 1. The molecule has 4 nitrogen and oxygen atoms in total. The van der Waals surface area contributed by atoms with E-state index in [1.165, 1.54) is 12.1 Å². The van der Waals surface area contributed by atoms with Gasteiger partial charge in [0, 0.05) is 4.47 Å². The largest absolute Gasteiger partial charge is 0.480 e. The fourth-order valence-corrected chi connectivity index (χ4v) is 1.65. The van der Waals surface area contributed by atoms with E-state index >= 15 is 0 Å². The lowest BCUT2D eigenvalue weighted by atomic mass is 10.1. The molecule has 18 heavy (non-hydrogen) atoms. The Morgan fingerprint density at radius 1 is 1.44 bits per heavy atom. The summed E-state index contributed by atoms with van der Waals surface area (Å²) in [6.45, 7) is -1.20. The molecule has 2 N–H and O–H groups in total. The van der Waals surface area contributed by atoms with E-state index < -0.39 is 30.4 Å². The van der Waals surface area contributed by atoms with E-state index in [1.807, 2.05) is 5.32 Å². The number of hydrogen-bond acceptors (Lipinski definition) is 2. The monoisotopic (exact) mass is 321 g/mol. The standard InChI is InChI=1S/C11H10BrF2NO3/c12-8-2-1-7(14)3-6(8)4-10(16)15-9(5-13)11(17)18/h1-3,9H,4-5H2,(H,15,16)(H,17,18). The van der Waals surface area contributed by atoms with Crippen LogP contribution in [0.4, 0.5) is 8.78 Å². The highest BCUT2D eigenvalue weighted by Gasteiger charge is 2.20. The molecule has 0 spiro atoms. The van der Waals surface area contributed by atoms with Gasteiger partial charge in [-0.2, -0.15) is 0 Å². The number of benzene rings is 1. The summed E-state index contributed by atoms with van der Waals surface area (Å²) in [4.78, 5) is 22.0. The highest BCUT2D eigenvalue weighted by atomic mass is 79.9. The molecule has 1 atom stereocenters. The van der Waals surface area contributed by atoms with Gasteiger partial charge in [0.15, 0.2) is 6.04 Å². The Kier molecular flexibility index (Phi) is 5.21. The van der Waals surface area contributed by atoms with E-state index in [-0.39, 0.29) is 6.42 Å². The average molecular weight is 322 g/mol. The Labute approximate surface area is 110 Å². The average Bonchev–Trinajstić information content (AvgIpc) is 2.30. The molecule has 0 bridgehead atoms. The third-order valence-electron chi connectivity index (χ3n) is 2.15. The molecule has 0 saturated heterocycles. The number of nitrogens with one attached hydrogen (secondary N) is 1. The minimum absolute atomic E-state index is 0.234. The van der Waals surface area contributed by atoms with Crippen LogP contribution in [0.3, 0.4) is 0 Å². The minimum Gasteiger partial charge on any atom is -0.480 e. The van der Waals surface area contributed by atoms with E-state index in [9.17, 15) is 18.4 Å². The molecule has 1 rings (SSSR count). The van der Waals surface area contributed by atoms with Crippen LogP contribution in [0.15, 0.2) is 22.7 Å². The second kappa shape index (κ2) is 6.44. The first-order valence-corrected chi connectivity index (χ1v) is 5.75. The van der Waals surface area contributed by atoms with Crippen LogP contribution in [-0.2, 0) is 16.0 Å². The highest BCUT2D eigenvalue weighted by Crippen LogP contribution is 2.18. The number of amides is 1. The summed E-state index contributed by atoms with van der Waals surface area (Å²) in [7, 11) is 0. The molecule has 7 heteroatoms. The van der Waals surface area contributed by atoms with Crippen LogP contribution in [0.1, 0.15) is 5.56 Å². The summed E-state index contributed by atoms with van der Waals surface area (Å²) in [5.74, 6) is -2.66. The van der Waals surface area contributed by atoms with E-state index in [4.69, 9.17) is 5.11 Å². The first-order chi connectivity index (χ1) is 8.43. The molecule has 1 amide bonds. The van der Waals surface area contributed by atoms with E-state index in [0.717, 1.165) is 6.07 Å². The lowest BCUT2D eigenvalue weighted by Gasteiger charge is -2.11. The van der Waals surface area contributed by atoms with Crippen LogP contribution in [0, 0.1) is 5.82 Å². The molecule has 0 saturated carbocycles. The lowest BCUT2D eigenvalue weighted by molar-refractivity contribution is -0.142. The normalized spacial score (nSPS) is 11.9. The second-order valence-electron chi connectivity index (χ2n) is 3.53. The molecule has 0 heterocycles. The predicted molar refractivity (Wildman–Crippen MR) is 63.3 cm³/mol. The number of carboxylic acid groups (broad SMARTS) is 1. The summed E-state index contributed by atoms with van der Waals surface area (Å²) in [5.41, 5.74) is 0.357. The van der Waals surface area contributed by atoms with Crippen molar-refractivity contribution in [2.24, 2.45) is 0 Å². The number of hydrogen-bond donors (Lipinski definition) is 2. The molecule has 0 aromatic heterocycles. The maximum atomic E-state index is 12.9. The molecule has 98 valence electrons. The van der Waals surface area contributed by atoms with E-state index in [0.29, 0.717) is 10.0 Å². The van der Waals surface area contributed by atoms with Crippen molar-refractivity contribution in [3.8, 4) is 0 Å². The smallest absolute Gasteiger partial charge is 0.328 e. The quantitative estimate of drug-likeness (QED) is 0.867. The third kappa shape index (κ3) is 4.06. The Morgan fingerprint density at radius 3 is 2.67 bits per heavy atom. The number of carbonyl (C=O) groups is 2. The van der Waals surface area contributed by atoms with Crippen molar-refractivity contribution in [2.45, 2.75) is 12.5 Å². The SMILES string of the molecule is O=C(Cc1cc(F)ccc1Br)NC(CF)C(=O)O. The maximum Gasteiger partial charge on any atom is 0.328 e. The summed E-state index contributed by atoms with van der Waals surface area (Å²) in [6, 6.07) is 2.22. The van der Waals surface area contributed by atoms with Gasteiger partial charge in [0.1, 0.15) is 12.5 Å². The van der Waals surface area contributed by atoms with Crippen molar-refractivity contribution < 1.29 is 23.5 Å². The topological polar surface area (TPSA) is 66.4 Å². The van der Waals surface area contributed by atoms with Gasteiger partial charge in [-0.1, -0.05) is 15.9 Å². The van der Waals surface area contributed by atoms with Crippen LogP contribution in [-0.4, -0.2) is 29.7 Å². The van der Waals surface area contributed by atoms with Gasteiger partial charge < -0.3 is 10.4 Å². The molecular weight excluding hydrogens is 312 g/mol. The van der Waals surface area contributed by atoms with E-state index in [2.05, 4.69) is 15.9 Å². The fraction of sp³-hybridized carbons (Fsp3) is 0.273. The fourth-order valence-electron chi connectivity index (χ4n) is 1.26. The zero-order valence-corrected chi connectivity index (χ0v) is 10.7. The van der Waals surface area contributed by atoms with Crippen molar-refractivity contribution in [1.82, 2.24) is 5.32 Å². The van der Waals surface area contributed by atoms with Gasteiger partial charge in [-0.3, -0.25) is 4.79 Å². The summed E-state index contributed by atoms with van der Waals surface area (Å²) in [5, 5.41) is 10.6. The van der Waals surface area contributed by atoms with Gasteiger partial charge >= 0.3 is 5.97 Å². The third-order valence-corrected chi connectivity index (χ3v) is 2.92. The van der Waals surface area contributed by atoms with Gasteiger partial charge in [0.25, 0.3) is 0 Å². The van der Waals surface area contributed by atoms with Crippen LogP contribution in [0.2, 0.25) is 0 Å². The number of aliphatic carboxylic acids is 1. The second-order valence-corrected chi connectivity index (χ2v) is 4.38. The number of carboxylic acids is 1. The van der Waals surface area contributed by atoms with Crippen molar-refractivity contribution in [1.29, 1.82) is 0 Å². The minimum atomic E-state index is -1.58. The maximum absolute atomic E-state index is 12.9. The van der Waals surface area contributed by atoms with Crippen LogP contribution >= 0.6 is 15.9 Å². The summed E-state index contributed by atoms with van der Waals surface area (Å²) in [6.07, 6.45) is -0.234.